The zero-order valence-corrected chi connectivity index (χ0v) is 24.1. The molecule has 3 aromatic carbocycles. The Morgan fingerprint density at radius 3 is 1.95 bits per heavy atom. The van der Waals surface area contributed by atoms with Gasteiger partial charge >= 0.3 is 0 Å². The summed E-state index contributed by atoms with van der Waals surface area (Å²) in [5.74, 6) is 1.16. The highest BCUT2D eigenvalue weighted by molar-refractivity contribution is 5.71. The number of hydrogen-bond donors (Lipinski definition) is 0. The monoisotopic (exact) mass is 544 g/mol. The van der Waals surface area contributed by atoms with Crippen LogP contribution in [0.4, 0.5) is 13.2 Å². The van der Waals surface area contributed by atoms with Gasteiger partial charge in [0.1, 0.15) is 5.82 Å². The van der Waals surface area contributed by atoms with E-state index in [1.807, 2.05) is 24.3 Å². The molecule has 40 heavy (non-hydrogen) atoms. The maximum Gasteiger partial charge on any atom is 0.166 e. The topological polar surface area (TPSA) is 0 Å². The first-order valence-corrected chi connectivity index (χ1v) is 15.5. The maximum absolute atomic E-state index is 15.4. The Kier molecular flexibility index (Phi) is 9.50. The number of halogens is 3. The Bertz CT molecular complexity index is 1290. The van der Waals surface area contributed by atoms with Gasteiger partial charge in [-0.2, -0.15) is 0 Å². The first kappa shape index (κ1) is 28.7. The van der Waals surface area contributed by atoms with Crippen molar-refractivity contribution >= 4 is 0 Å². The van der Waals surface area contributed by atoms with Crippen molar-refractivity contribution in [3.8, 4) is 22.3 Å². The van der Waals surface area contributed by atoms with Crippen molar-refractivity contribution in [3.63, 3.8) is 0 Å². The van der Waals surface area contributed by atoms with Crippen molar-refractivity contribution < 1.29 is 13.2 Å². The Hall–Kier alpha value is -2.81. The van der Waals surface area contributed by atoms with E-state index in [1.165, 1.54) is 51.4 Å². The molecule has 0 unspecified atom stereocenters. The van der Waals surface area contributed by atoms with Crippen LogP contribution in [0.3, 0.4) is 0 Å². The Morgan fingerprint density at radius 2 is 1.32 bits per heavy atom. The summed E-state index contributed by atoms with van der Waals surface area (Å²) in [6, 6.07) is 16.2. The molecule has 0 spiro atoms. The van der Waals surface area contributed by atoms with Crippen LogP contribution in [0.1, 0.15) is 95.1 Å². The number of rotatable bonds is 8. The van der Waals surface area contributed by atoms with Crippen molar-refractivity contribution in [3.05, 3.63) is 95.3 Å². The van der Waals surface area contributed by atoms with Gasteiger partial charge in [0, 0.05) is 5.56 Å². The molecule has 0 amide bonds. The summed E-state index contributed by atoms with van der Waals surface area (Å²) >= 11 is 0. The fourth-order valence-corrected chi connectivity index (χ4v) is 7.31. The average molecular weight is 545 g/mol. The van der Waals surface area contributed by atoms with E-state index < -0.39 is 11.6 Å². The van der Waals surface area contributed by atoms with Gasteiger partial charge in [-0.1, -0.05) is 80.4 Å². The van der Waals surface area contributed by atoms with Gasteiger partial charge in [-0.05, 0) is 122 Å². The van der Waals surface area contributed by atoms with Crippen LogP contribution in [0.15, 0.2) is 66.7 Å². The minimum atomic E-state index is -0.815. The van der Waals surface area contributed by atoms with Crippen LogP contribution in [0.25, 0.3) is 22.3 Å². The van der Waals surface area contributed by atoms with Gasteiger partial charge in [-0.25, -0.2) is 13.2 Å². The SMILES string of the molecule is CC=CCCC1CCC(C2CCC(c3ccc(-c4ccc(-c5ccc(CC)c(F)c5F)cc4)cc3F)CC2)CC1. The second-order valence-electron chi connectivity index (χ2n) is 12.1. The van der Waals surface area contributed by atoms with E-state index in [1.54, 1.807) is 37.3 Å². The van der Waals surface area contributed by atoms with Gasteiger partial charge in [0.05, 0.1) is 0 Å². The van der Waals surface area contributed by atoms with E-state index in [4.69, 9.17) is 0 Å². The molecule has 0 saturated heterocycles. The van der Waals surface area contributed by atoms with Gasteiger partial charge in [0.2, 0.25) is 0 Å². The van der Waals surface area contributed by atoms with Crippen LogP contribution >= 0.6 is 0 Å². The van der Waals surface area contributed by atoms with Gasteiger partial charge in [0.25, 0.3) is 0 Å². The molecule has 0 radical (unpaired) electrons. The van der Waals surface area contributed by atoms with Gasteiger partial charge in [-0.15, -0.1) is 0 Å². The van der Waals surface area contributed by atoms with Gasteiger partial charge in [-0.3, -0.25) is 0 Å². The van der Waals surface area contributed by atoms with Crippen molar-refractivity contribution in [2.75, 3.05) is 0 Å². The molecule has 0 aromatic heterocycles. The zero-order valence-electron chi connectivity index (χ0n) is 24.1. The quantitative estimate of drug-likeness (QED) is 0.247. The summed E-state index contributed by atoms with van der Waals surface area (Å²) in [4.78, 5) is 0. The lowest BCUT2D eigenvalue weighted by atomic mass is 9.68. The number of benzene rings is 3. The molecule has 5 rings (SSSR count). The average Bonchev–Trinajstić information content (AvgIpc) is 2.99. The third-order valence-corrected chi connectivity index (χ3v) is 9.82. The highest BCUT2D eigenvalue weighted by Gasteiger charge is 2.32. The molecule has 0 bridgehead atoms. The van der Waals surface area contributed by atoms with Crippen LogP contribution in [0.5, 0.6) is 0 Å². The minimum Gasteiger partial charge on any atom is -0.207 e. The van der Waals surface area contributed by atoms with Crippen molar-refractivity contribution in [2.45, 2.75) is 90.4 Å². The molecule has 0 aliphatic heterocycles. The van der Waals surface area contributed by atoms with Crippen molar-refractivity contribution in [1.29, 1.82) is 0 Å². The second-order valence-corrected chi connectivity index (χ2v) is 12.1. The smallest absolute Gasteiger partial charge is 0.166 e. The molecule has 2 aliphatic carbocycles. The molecule has 2 fully saturated rings. The molecule has 2 aliphatic rings. The standard InChI is InChI=1S/C37H43F3/c1-3-5-6-7-25-8-10-27(11-9-25)28-12-16-30(17-13-28)33-22-21-32(24-35(33)38)29-14-18-31(19-15-29)34-23-20-26(4-2)36(39)37(34)40/h3,5,14-15,18-25,27-28,30H,4,6-13,16-17H2,1-2H3. The summed E-state index contributed by atoms with van der Waals surface area (Å²) in [6.07, 6.45) is 17.6. The minimum absolute atomic E-state index is 0.130. The predicted octanol–water partition coefficient (Wildman–Crippen LogP) is 11.4. The van der Waals surface area contributed by atoms with Crippen LogP contribution in [0.2, 0.25) is 0 Å². The summed E-state index contributed by atoms with van der Waals surface area (Å²) in [6.45, 7) is 3.91. The van der Waals surface area contributed by atoms with E-state index in [0.29, 0.717) is 23.5 Å². The van der Waals surface area contributed by atoms with Crippen molar-refractivity contribution in [2.24, 2.45) is 17.8 Å². The molecule has 3 heteroatoms. The first-order valence-electron chi connectivity index (χ1n) is 15.5. The molecular weight excluding hydrogens is 501 g/mol. The van der Waals surface area contributed by atoms with Crippen molar-refractivity contribution in [1.82, 2.24) is 0 Å². The number of aryl methyl sites for hydroxylation is 1. The molecular formula is C37H43F3. The number of hydrogen-bond acceptors (Lipinski definition) is 0. The third kappa shape index (κ3) is 6.40. The van der Waals surface area contributed by atoms with E-state index >= 15 is 4.39 Å². The molecule has 0 atom stereocenters. The molecule has 0 nitrogen and oxygen atoms in total. The summed E-state index contributed by atoms with van der Waals surface area (Å²) in [5.41, 5.74) is 3.75. The van der Waals surface area contributed by atoms with Crippen LogP contribution < -0.4 is 0 Å². The third-order valence-electron chi connectivity index (χ3n) is 9.82. The molecule has 2 saturated carbocycles. The van der Waals surface area contributed by atoms with Gasteiger partial charge < -0.3 is 0 Å². The first-order chi connectivity index (χ1) is 19.5. The van der Waals surface area contributed by atoms with Crippen LogP contribution in [-0.4, -0.2) is 0 Å². The zero-order chi connectivity index (χ0) is 28.1. The highest BCUT2D eigenvalue weighted by atomic mass is 19.2. The van der Waals surface area contributed by atoms with Gasteiger partial charge in [0.15, 0.2) is 11.6 Å². The Morgan fingerprint density at radius 1 is 0.700 bits per heavy atom. The lowest BCUT2D eigenvalue weighted by Gasteiger charge is -2.38. The molecule has 0 N–H and O–H groups in total. The molecule has 3 aromatic rings. The van der Waals surface area contributed by atoms with E-state index in [0.717, 1.165) is 47.3 Å². The normalized spacial score (nSPS) is 23.5. The molecule has 0 heterocycles. The highest BCUT2D eigenvalue weighted by Crippen LogP contribution is 2.45. The summed E-state index contributed by atoms with van der Waals surface area (Å²) in [7, 11) is 0. The van der Waals surface area contributed by atoms with Crippen LogP contribution in [-0.2, 0) is 6.42 Å². The Labute approximate surface area is 238 Å². The second kappa shape index (κ2) is 13.2. The predicted molar refractivity (Wildman–Crippen MR) is 161 cm³/mol. The summed E-state index contributed by atoms with van der Waals surface area (Å²) in [5, 5.41) is 0. The van der Waals surface area contributed by atoms with E-state index in [2.05, 4.69) is 19.1 Å². The lowest BCUT2D eigenvalue weighted by molar-refractivity contribution is 0.156. The number of allylic oxidation sites excluding steroid dienone is 2. The Balaban J connectivity index is 1.18. The molecule has 212 valence electrons. The fraction of sp³-hybridized carbons (Fsp3) is 0.459. The van der Waals surface area contributed by atoms with Crippen LogP contribution in [0, 0.1) is 35.2 Å². The lowest BCUT2D eigenvalue weighted by Crippen LogP contribution is -2.25. The van der Waals surface area contributed by atoms with E-state index in [-0.39, 0.29) is 11.4 Å². The maximum atomic E-state index is 15.4. The van der Waals surface area contributed by atoms with E-state index in [9.17, 15) is 8.78 Å². The largest absolute Gasteiger partial charge is 0.207 e. The summed E-state index contributed by atoms with van der Waals surface area (Å²) < 4.78 is 44.3. The fourth-order valence-electron chi connectivity index (χ4n) is 7.31.